The van der Waals surface area contributed by atoms with E-state index in [4.69, 9.17) is 22.7 Å². The Balaban J connectivity index is 2.55. The van der Waals surface area contributed by atoms with Crippen LogP contribution in [0.1, 0.15) is 32.9 Å². The third-order valence-electron chi connectivity index (χ3n) is 2.10. The first-order valence-electron chi connectivity index (χ1n) is 5.27. The van der Waals surface area contributed by atoms with Gasteiger partial charge in [0.05, 0.1) is 6.61 Å². The molecule has 0 radical (unpaired) electrons. The van der Waals surface area contributed by atoms with E-state index in [1.54, 1.807) is 12.3 Å². The maximum Gasteiger partial charge on any atom is 0.123 e. The molecule has 0 spiro atoms. The summed E-state index contributed by atoms with van der Waals surface area (Å²) in [6.45, 7) is 7.24. The average molecular weight is 238 g/mol. The van der Waals surface area contributed by atoms with Gasteiger partial charge in [-0.2, -0.15) is 0 Å². The summed E-state index contributed by atoms with van der Waals surface area (Å²) in [7, 11) is 0. The topological polar surface area (TPSA) is 48.1 Å². The lowest BCUT2D eigenvalue weighted by molar-refractivity contribution is 0.243. The van der Waals surface area contributed by atoms with E-state index < -0.39 is 0 Å². The van der Waals surface area contributed by atoms with E-state index in [0.717, 1.165) is 12.2 Å². The first-order chi connectivity index (χ1) is 7.38. The number of aromatic nitrogens is 1. The second kappa shape index (κ2) is 5.25. The largest absolute Gasteiger partial charge is 0.493 e. The molecule has 1 heterocycles. The molecular formula is C12H18N2OS. The van der Waals surface area contributed by atoms with Crippen molar-refractivity contribution in [2.24, 2.45) is 11.1 Å². The zero-order valence-corrected chi connectivity index (χ0v) is 10.8. The van der Waals surface area contributed by atoms with E-state index >= 15 is 0 Å². The van der Waals surface area contributed by atoms with Gasteiger partial charge in [-0.05, 0) is 17.9 Å². The highest BCUT2D eigenvalue weighted by atomic mass is 32.1. The van der Waals surface area contributed by atoms with Crippen molar-refractivity contribution in [1.82, 2.24) is 4.98 Å². The molecule has 0 aromatic carbocycles. The van der Waals surface area contributed by atoms with Crippen LogP contribution in [-0.2, 0) is 0 Å². The predicted molar refractivity (Wildman–Crippen MR) is 69.7 cm³/mol. The van der Waals surface area contributed by atoms with Crippen LogP contribution in [0.25, 0.3) is 0 Å². The van der Waals surface area contributed by atoms with Crippen LogP contribution < -0.4 is 10.5 Å². The Labute approximate surface area is 102 Å². The summed E-state index contributed by atoms with van der Waals surface area (Å²) in [5.74, 6) is 0.766. The summed E-state index contributed by atoms with van der Waals surface area (Å²) in [4.78, 5) is 4.34. The van der Waals surface area contributed by atoms with Gasteiger partial charge in [-0.25, -0.2) is 0 Å². The third kappa shape index (κ3) is 4.57. The molecule has 0 saturated heterocycles. The van der Waals surface area contributed by atoms with Crippen molar-refractivity contribution in [1.29, 1.82) is 0 Å². The molecule has 1 aromatic rings. The highest BCUT2D eigenvalue weighted by Crippen LogP contribution is 2.19. The SMILES string of the molecule is CC(C)(C)CCOc1ccnc(C(N)=S)c1. The molecule has 0 saturated carbocycles. The quantitative estimate of drug-likeness (QED) is 0.819. The van der Waals surface area contributed by atoms with Gasteiger partial charge < -0.3 is 10.5 Å². The van der Waals surface area contributed by atoms with Crippen molar-refractivity contribution in [3.63, 3.8) is 0 Å². The summed E-state index contributed by atoms with van der Waals surface area (Å²) in [5, 5.41) is 0. The number of thiocarbonyl (C=S) groups is 1. The van der Waals surface area contributed by atoms with Gasteiger partial charge in [0.15, 0.2) is 0 Å². The van der Waals surface area contributed by atoms with Gasteiger partial charge in [0, 0.05) is 12.3 Å². The second-order valence-electron chi connectivity index (χ2n) is 4.90. The number of nitrogens with two attached hydrogens (primary N) is 1. The number of rotatable bonds is 4. The van der Waals surface area contributed by atoms with Crippen LogP contribution in [0.3, 0.4) is 0 Å². The molecule has 3 nitrogen and oxygen atoms in total. The number of hydrogen-bond donors (Lipinski definition) is 1. The molecule has 4 heteroatoms. The van der Waals surface area contributed by atoms with E-state index in [1.807, 2.05) is 6.07 Å². The minimum absolute atomic E-state index is 0.277. The van der Waals surface area contributed by atoms with E-state index in [9.17, 15) is 0 Å². The maximum atomic E-state index is 5.62. The summed E-state index contributed by atoms with van der Waals surface area (Å²) in [6.07, 6.45) is 2.65. The molecule has 2 N–H and O–H groups in total. The van der Waals surface area contributed by atoms with Crippen molar-refractivity contribution in [2.75, 3.05) is 6.61 Å². The highest BCUT2D eigenvalue weighted by Gasteiger charge is 2.10. The Kier molecular flexibility index (Phi) is 4.24. The van der Waals surface area contributed by atoms with Gasteiger partial charge in [-0.1, -0.05) is 33.0 Å². The summed E-state index contributed by atoms with van der Waals surface area (Å²) in [6, 6.07) is 3.58. The molecule has 0 aliphatic heterocycles. The summed E-state index contributed by atoms with van der Waals surface area (Å²) < 4.78 is 5.62. The highest BCUT2D eigenvalue weighted by molar-refractivity contribution is 7.80. The molecule has 0 atom stereocenters. The summed E-state index contributed by atoms with van der Waals surface area (Å²) >= 11 is 4.85. The van der Waals surface area contributed by atoms with Gasteiger partial charge in [0.25, 0.3) is 0 Å². The Morgan fingerprint density at radius 3 is 2.75 bits per heavy atom. The predicted octanol–water partition coefficient (Wildman–Crippen LogP) is 2.53. The number of ether oxygens (including phenoxy) is 1. The van der Waals surface area contributed by atoms with Gasteiger partial charge >= 0.3 is 0 Å². The molecule has 88 valence electrons. The van der Waals surface area contributed by atoms with Crippen LogP contribution in [0.4, 0.5) is 0 Å². The summed E-state index contributed by atoms with van der Waals surface area (Å²) in [5.41, 5.74) is 6.37. The Bertz CT molecular complexity index is 372. The molecule has 0 aliphatic carbocycles. The fourth-order valence-corrected chi connectivity index (χ4v) is 1.22. The van der Waals surface area contributed by atoms with Crippen molar-refractivity contribution in [3.05, 3.63) is 24.0 Å². The lowest BCUT2D eigenvalue weighted by atomic mass is 9.93. The molecule has 1 aromatic heterocycles. The number of pyridine rings is 1. The molecule has 0 unspecified atom stereocenters. The standard InChI is InChI=1S/C12H18N2OS/c1-12(2,3)5-7-15-9-4-6-14-10(8-9)11(13)16/h4,6,8H,5,7H2,1-3H3,(H2,13,16). The Hall–Kier alpha value is -1.16. The van der Waals surface area contributed by atoms with Crippen LogP contribution in [0.2, 0.25) is 0 Å². The van der Waals surface area contributed by atoms with Crippen LogP contribution in [-0.4, -0.2) is 16.6 Å². The maximum absolute atomic E-state index is 5.62. The zero-order chi connectivity index (χ0) is 12.2. The molecule has 0 bridgehead atoms. The van der Waals surface area contributed by atoms with Gasteiger partial charge in [0.2, 0.25) is 0 Å². The van der Waals surface area contributed by atoms with Crippen LogP contribution >= 0.6 is 12.2 Å². The lowest BCUT2D eigenvalue weighted by Crippen LogP contribution is -2.13. The van der Waals surface area contributed by atoms with Gasteiger partial charge in [-0.15, -0.1) is 0 Å². The molecular weight excluding hydrogens is 220 g/mol. The molecule has 1 rings (SSSR count). The van der Waals surface area contributed by atoms with E-state index in [0.29, 0.717) is 17.3 Å². The smallest absolute Gasteiger partial charge is 0.123 e. The second-order valence-corrected chi connectivity index (χ2v) is 5.34. The molecule has 0 amide bonds. The fraction of sp³-hybridized carbons (Fsp3) is 0.500. The monoisotopic (exact) mass is 238 g/mol. The molecule has 0 fully saturated rings. The first-order valence-corrected chi connectivity index (χ1v) is 5.68. The Morgan fingerprint density at radius 1 is 1.50 bits per heavy atom. The third-order valence-corrected chi connectivity index (χ3v) is 2.31. The van der Waals surface area contributed by atoms with E-state index in [1.165, 1.54) is 0 Å². The van der Waals surface area contributed by atoms with Crippen LogP contribution in [0.5, 0.6) is 5.75 Å². The number of nitrogens with zero attached hydrogens (tertiary/aromatic N) is 1. The molecule has 0 aliphatic rings. The minimum atomic E-state index is 0.277. The fourth-order valence-electron chi connectivity index (χ4n) is 1.11. The van der Waals surface area contributed by atoms with Crippen LogP contribution in [0.15, 0.2) is 18.3 Å². The minimum Gasteiger partial charge on any atom is -0.493 e. The first kappa shape index (κ1) is 12.9. The van der Waals surface area contributed by atoms with Gasteiger partial charge in [0.1, 0.15) is 16.4 Å². The zero-order valence-electron chi connectivity index (χ0n) is 9.99. The van der Waals surface area contributed by atoms with Crippen molar-refractivity contribution in [2.45, 2.75) is 27.2 Å². The van der Waals surface area contributed by atoms with Crippen molar-refractivity contribution in [3.8, 4) is 5.75 Å². The lowest BCUT2D eigenvalue weighted by Gasteiger charge is -2.18. The van der Waals surface area contributed by atoms with Crippen LogP contribution in [0, 0.1) is 5.41 Å². The molecule has 16 heavy (non-hydrogen) atoms. The normalized spacial score (nSPS) is 11.2. The average Bonchev–Trinajstić information content (AvgIpc) is 2.16. The van der Waals surface area contributed by atoms with Crippen molar-refractivity contribution >= 4 is 17.2 Å². The van der Waals surface area contributed by atoms with E-state index in [2.05, 4.69) is 25.8 Å². The van der Waals surface area contributed by atoms with Crippen molar-refractivity contribution < 1.29 is 4.74 Å². The number of hydrogen-bond acceptors (Lipinski definition) is 3. The van der Waals surface area contributed by atoms with Gasteiger partial charge in [-0.3, -0.25) is 4.98 Å². The Morgan fingerprint density at radius 2 is 2.19 bits per heavy atom. The van der Waals surface area contributed by atoms with E-state index in [-0.39, 0.29) is 5.41 Å².